The first-order chi connectivity index (χ1) is 11.6. The van der Waals surface area contributed by atoms with Gasteiger partial charge in [-0.15, -0.1) is 0 Å². The zero-order valence-electron chi connectivity index (χ0n) is 13.8. The van der Waals surface area contributed by atoms with Crippen molar-refractivity contribution in [2.45, 2.75) is 0 Å². The Bertz CT molecular complexity index is 748. The number of benzene rings is 2. The molecule has 24 heavy (non-hydrogen) atoms. The second-order valence-electron chi connectivity index (χ2n) is 5.37. The SMILES string of the molecule is CN(C)C(=O)/C(=C/C=C\c1ccccc1)NC(=O)c1ccccc1. The Morgan fingerprint density at radius 3 is 2.08 bits per heavy atom. The van der Waals surface area contributed by atoms with Gasteiger partial charge in [0.05, 0.1) is 0 Å². The van der Waals surface area contributed by atoms with Gasteiger partial charge >= 0.3 is 0 Å². The van der Waals surface area contributed by atoms with E-state index in [4.69, 9.17) is 0 Å². The van der Waals surface area contributed by atoms with Crippen molar-refractivity contribution in [2.24, 2.45) is 0 Å². The van der Waals surface area contributed by atoms with Gasteiger partial charge in [0.25, 0.3) is 11.8 Å². The monoisotopic (exact) mass is 320 g/mol. The molecule has 2 amide bonds. The lowest BCUT2D eigenvalue weighted by Crippen LogP contribution is -2.34. The van der Waals surface area contributed by atoms with E-state index in [1.165, 1.54) is 4.90 Å². The van der Waals surface area contributed by atoms with E-state index < -0.39 is 0 Å². The number of carbonyl (C=O) groups excluding carboxylic acids is 2. The molecule has 0 saturated heterocycles. The topological polar surface area (TPSA) is 49.4 Å². The van der Waals surface area contributed by atoms with Crippen LogP contribution in [0.4, 0.5) is 0 Å². The molecule has 0 radical (unpaired) electrons. The van der Waals surface area contributed by atoms with Crippen LogP contribution in [0.2, 0.25) is 0 Å². The van der Waals surface area contributed by atoms with E-state index in [1.807, 2.05) is 42.5 Å². The van der Waals surface area contributed by atoms with E-state index in [-0.39, 0.29) is 17.5 Å². The number of nitrogens with zero attached hydrogens (tertiary/aromatic N) is 1. The Labute approximate surface area is 142 Å². The van der Waals surface area contributed by atoms with Crippen molar-refractivity contribution in [3.63, 3.8) is 0 Å². The summed E-state index contributed by atoms with van der Waals surface area (Å²) >= 11 is 0. The smallest absolute Gasteiger partial charge is 0.269 e. The van der Waals surface area contributed by atoms with Gasteiger partial charge in [0.15, 0.2) is 0 Å². The number of rotatable bonds is 5. The first-order valence-electron chi connectivity index (χ1n) is 7.59. The van der Waals surface area contributed by atoms with Crippen LogP contribution in [0.5, 0.6) is 0 Å². The minimum Gasteiger partial charge on any atom is -0.344 e. The van der Waals surface area contributed by atoms with E-state index in [2.05, 4.69) is 5.32 Å². The molecular formula is C20H20N2O2. The van der Waals surface area contributed by atoms with Gasteiger partial charge in [0.2, 0.25) is 0 Å². The number of amides is 2. The van der Waals surface area contributed by atoms with Gasteiger partial charge in [-0.2, -0.15) is 0 Å². The predicted octanol–water partition coefficient (Wildman–Crippen LogP) is 3.10. The van der Waals surface area contributed by atoms with Gasteiger partial charge < -0.3 is 10.2 Å². The minimum atomic E-state index is -0.315. The summed E-state index contributed by atoms with van der Waals surface area (Å²) in [7, 11) is 3.29. The Morgan fingerprint density at radius 2 is 1.50 bits per heavy atom. The maximum absolute atomic E-state index is 12.3. The number of allylic oxidation sites excluding steroid dienone is 2. The second kappa shape index (κ2) is 8.48. The minimum absolute atomic E-state index is 0.223. The number of likely N-dealkylation sites (N-methyl/N-ethyl adjacent to an activating group) is 1. The molecule has 0 aliphatic heterocycles. The van der Waals surface area contributed by atoms with Crippen LogP contribution in [0, 0.1) is 0 Å². The Balaban J connectivity index is 2.18. The third kappa shape index (κ3) is 4.95. The van der Waals surface area contributed by atoms with Gasteiger partial charge in [-0.25, -0.2) is 0 Å². The molecule has 122 valence electrons. The lowest BCUT2D eigenvalue weighted by molar-refractivity contribution is -0.125. The normalized spacial score (nSPS) is 11.3. The zero-order chi connectivity index (χ0) is 17.4. The van der Waals surface area contributed by atoms with Crippen LogP contribution in [0.1, 0.15) is 15.9 Å². The molecule has 0 aliphatic carbocycles. The fourth-order valence-corrected chi connectivity index (χ4v) is 2.01. The van der Waals surface area contributed by atoms with E-state index in [9.17, 15) is 9.59 Å². The van der Waals surface area contributed by atoms with E-state index in [0.717, 1.165) is 5.56 Å². The highest BCUT2D eigenvalue weighted by Crippen LogP contribution is 2.05. The molecule has 0 spiro atoms. The summed E-state index contributed by atoms with van der Waals surface area (Å²) < 4.78 is 0. The quantitative estimate of drug-likeness (QED) is 0.680. The zero-order valence-corrected chi connectivity index (χ0v) is 13.8. The van der Waals surface area contributed by atoms with Crippen LogP contribution in [-0.2, 0) is 4.79 Å². The van der Waals surface area contributed by atoms with Crippen molar-refractivity contribution >= 4 is 17.9 Å². The summed E-state index contributed by atoms with van der Waals surface area (Å²) in [5, 5.41) is 2.68. The van der Waals surface area contributed by atoms with Crippen molar-refractivity contribution in [3.8, 4) is 0 Å². The van der Waals surface area contributed by atoms with Crippen LogP contribution < -0.4 is 5.32 Å². The summed E-state index contributed by atoms with van der Waals surface area (Å²) in [4.78, 5) is 26.0. The molecule has 0 bridgehead atoms. The Hall–Kier alpha value is -3.14. The molecule has 2 aromatic carbocycles. The average molecular weight is 320 g/mol. The Morgan fingerprint density at radius 1 is 0.917 bits per heavy atom. The first-order valence-corrected chi connectivity index (χ1v) is 7.59. The van der Waals surface area contributed by atoms with Gasteiger partial charge in [0.1, 0.15) is 5.70 Å². The van der Waals surface area contributed by atoms with E-state index in [0.29, 0.717) is 5.56 Å². The average Bonchev–Trinajstić information content (AvgIpc) is 2.61. The fraction of sp³-hybridized carbons (Fsp3) is 0.100. The Kier molecular flexibility index (Phi) is 6.08. The summed E-state index contributed by atoms with van der Waals surface area (Å²) in [5.74, 6) is -0.581. The van der Waals surface area contributed by atoms with Crippen molar-refractivity contribution in [3.05, 3.63) is 89.6 Å². The maximum atomic E-state index is 12.3. The fourth-order valence-electron chi connectivity index (χ4n) is 2.01. The van der Waals surface area contributed by atoms with Gasteiger partial charge in [-0.1, -0.05) is 60.7 Å². The van der Waals surface area contributed by atoms with Crippen LogP contribution in [0.15, 0.2) is 78.5 Å². The van der Waals surface area contributed by atoms with E-state index >= 15 is 0 Å². The predicted molar refractivity (Wildman–Crippen MR) is 96.2 cm³/mol. The van der Waals surface area contributed by atoms with Crippen molar-refractivity contribution in [1.29, 1.82) is 0 Å². The molecule has 4 heteroatoms. The first kappa shape index (κ1) is 17.2. The van der Waals surface area contributed by atoms with Crippen LogP contribution in [0.25, 0.3) is 6.08 Å². The third-order valence-electron chi connectivity index (χ3n) is 3.27. The molecule has 0 heterocycles. The molecule has 1 N–H and O–H groups in total. The summed E-state index contributed by atoms with van der Waals surface area (Å²) in [6, 6.07) is 18.5. The summed E-state index contributed by atoms with van der Waals surface area (Å²) in [5.41, 5.74) is 1.74. The largest absolute Gasteiger partial charge is 0.344 e. The number of hydrogen-bond donors (Lipinski definition) is 1. The lowest BCUT2D eigenvalue weighted by Gasteiger charge is -2.14. The molecule has 4 nitrogen and oxygen atoms in total. The van der Waals surface area contributed by atoms with Crippen LogP contribution >= 0.6 is 0 Å². The molecule has 0 saturated carbocycles. The molecule has 0 unspecified atom stereocenters. The molecule has 2 rings (SSSR count). The summed E-state index contributed by atoms with van der Waals surface area (Å²) in [6.45, 7) is 0. The number of hydrogen-bond acceptors (Lipinski definition) is 2. The molecule has 2 aromatic rings. The molecular weight excluding hydrogens is 300 g/mol. The molecule has 0 aliphatic rings. The number of carbonyl (C=O) groups is 2. The summed E-state index contributed by atoms with van der Waals surface area (Å²) in [6.07, 6.45) is 5.23. The lowest BCUT2D eigenvalue weighted by atomic mass is 10.2. The standard InChI is InChI=1S/C20H20N2O2/c1-22(2)20(24)18(15-9-12-16-10-5-3-6-11-16)21-19(23)17-13-7-4-8-14-17/h3-15H,1-2H3,(H,21,23)/b12-9-,18-15-. The van der Waals surface area contributed by atoms with Gasteiger partial charge in [-0.3, -0.25) is 9.59 Å². The van der Waals surface area contributed by atoms with Crippen LogP contribution in [0.3, 0.4) is 0 Å². The maximum Gasteiger partial charge on any atom is 0.269 e. The highest BCUT2D eigenvalue weighted by atomic mass is 16.2. The van der Waals surface area contributed by atoms with Crippen molar-refractivity contribution in [2.75, 3.05) is 14.1 Å². The van der Waals surface area contributed by atoms with Crippen molar-refractivity contribution in [1.82, 2.24) is 10.2 Å². The third-order valence-corrected chi connectivity index (χ3v) is 3.27. The van der Waals surface area contributed by atoms with E-state index in [1.54, 1.807) is 50.5 Å². The highest BCUT2D eigenvalue weighted by molar-refractivity contribution is 6.02. The molecule has 0 aromatic heterocycles. The van der Waals surface area contributed by atoms with Crippen molar-refractivity contribution < 1.29 is 9.59 Å². The molecule has 0 fully saturated rings. The van der Waals surface area contributed by atoms with Gasteiger partial charge in [0, 0.05) is 19.7 Å². The van der Waals surface area contributed by atoms with Crippen LogP contribution in [-0.4, -0.2) is 30.8 Å². The molecule has 0 atom stereocenters. The second-order valence-corrected chi connectivity index (χ2v) is 5.37. The van der Waals surface area contributed by atoms with Gasteiger partial charge in [-0.05, 0) is 23.8 Å². The highest BCUT2D eigenvalue weighted by Gasteiger charge is 2.15. The number of nitrogens with one attached hydrogen (secondary N) is 1.